The first kappa shape index (κ1) is 9.00. The number of aromatic carboxylic acids is 1. The summed E-state index contributed by atoms with van der Waals surface area (Å²) in [5.41, 5.74) is -0.878. The first-order valence-corrected chi connectivity index (χ1v) is 3.12. The molecule has 0 fully saturated rings. The maximum Gasteiger partial charge on any atom is 0.354 e. The number of rotatable bonds is 2. The molecule has 0 radical (unpaired) electrons. The molecule has 0 aliphatic carbocycles. The number of nitrogens with two attached hydrogens (primary N) is 1. The van der Waals surface area contributed by atoms with Crippen molar-refractivity contribution in [2.24, 2.45) is 5.84 Å². The van der Waals surface area contributed by atoms with Gasteiger partial charge in [0.2, 0.25) is 0 Å². The Hall–Kier alpha value is -2.09. The fourth-order valence-corrected chi connectivity index (χ4v) is 0.785. The highest BCUT2D eigenvalue weighted by Crippen LogP contribution is 2.00. The number of nitrogens with one attached hydrogen (secondary N) is 3. The smallest absolute Gasteiger partial charge is 0.354 e. The summed E-state index contributed by atoms with van der Waals surface area (Å²) < 4.78 is 0. The van der Waals surface area contributed by atoms with Gasteiger partial charge < -0.3 is 10.5 Å². The monoisotopic (exact) mass is 186 g/mol. The van der Waals surface area contributed by atoms with Crippen LogP contribution in [0.15, 0.2) is 9.59 Å². The highest BCUT2D eigenvalue weighted by molar-refractivity contribution is 5.91. The molecule has 1 aromatic heterocycles. The van der Waals surface area contributed by atoms with Crippen LogP contribution in [0.2, 0.25) is 0 Å². The number of carboxylic acids is 1. The summed E-state index contributed by atoms with van der Waals surface area (Å²) in [5, 5.41) is 8.53. The Bertz CT molecular complexity index is 445. The molecule has 1 rings (SSSR count). The molecule has 0 saturated carbocycles. The summed E-state index contributed by atoms with van der Waals surface area (Å²) in [6.45, 7) is 0. The molecule has 70 valence electrons. The van der Waals surface area contributed by atoms with Gasteiger partial charge >= 0.3 is 11.7 Å². The number of hydrogen-bond donors (Lipinski definition) is 5. The topological polar surface area (TPSA) is 141 Å². The van der Waals surface area contributed by atoms with Crippen LogP contribution in [-0.2, 0) is 0 Å². The molecule has 0 spiro atoms. The van der Waals surface area contributed by atoms with Crippen LogP contribution in [0.1, 0.15) is 10.5 Å². The third-order valence-corrected chi connectivity index (χ3v) is 1.30. The minimum Gasteiger partial charge on any atom is -0.477 e. The number of anilines is 1. The Kier molecular flexibility index (Phi) is 2.15. The van der Waals surface area contributed by atoms with Crippen LogP contribution in [0.25, 0.3) is 0 Å². The summed E-state index contributed by atoms with van der Waals surface area (Å²) in [6.07, 6.45) is 0. The van der Waals surface area contributed by atoms with Crippen molar-refractivity contribution in [2.45, 2.75) is 0 Å². The van der Waals surface area contributed by atoms with E-state index in [0.717, 1.165) is 0 Å². The molecule has 0 atom stereocenters. The summed E-state index contributed by atoms with van der Waals surface area (Å²) in [7, 11) is 0. The molecule has 1 heterocycles. The second-order valence-electron chi connectivity index (χ2n) is 2.11. The molecular formula is C5H6N4O4. The summed E-state index contributed by atoms with van der Waals surface area (Å²) in [5.74, 6) is 3.44. The molecule has 0 aliphatic rings. The van der Waals surface area contributed by atoms with Crippen molar-refractivity contribution in [1.29, 1.82) is 0 Å². The van der Waals surface area contributed by atoms with Gasteiger partial charge in [-0.15, -0.1) is 0 Å². The molecular weight excluding hydrogens is 180 g/mol. The first-order chi connectivity index (χ1) is 6.06. The van der Waals surface area contributed by atoms with E-state index in [4.69, 9.17) is 10.9 Å². The molecule has 0 aromatic carbocycles. The lowest BCUT2D eigenvalue weighted by atomic mass is 10.3. The summed E-state index contributed by atoms with van der Waals surface area (Å²) in [4.78, 5) is 35.7. The fraction of sp³-hybridized carbons (Fsp3) is 0. The van der Waals surface area contributed by atoms with Crippen LogP contribution in [0.4, 0.5) is 5.69 Å². The van der Waals surface area contributed by atoms with Crippen molar-refractivity contribution in [3.8, 4) is 0 Å². The molecule has 1 aromatic rings. The SMILES string of the molecule is NNc1c(C(=O)O)[nH]c(=O)[nH]c1=O. The Labute approximate surface area is 70.4 Å². The molecule has 0 amide bonds. The van der Waals surface area contributed by atoms with E-state index in [1.807, 2.05) is 15.4 Å². The zero-order valence-corrected chi connectivity index (χ0v) is 6.25. The van der Waals surface area contributed by atoms with Crippen LogP contribution in [0, 0.1) is 0 Å². The lowest BCUT2D eigenvalue weighted by Gasteiger charge is -2.01. The van der Waals surface area contributed by atoms with E-state index >= 15 is 0 Å². The number of aromatic nitrogens is 2. The standard InChI is InChI=1S/C5H6N4O4/c6-9-1-2(4(11)12)7-5(13)8-3(1)10/h9H,6H2,(H,11,12)(H2,7,8,10,13). The maximum absolute atomic E-state index is 10.9. The molecule has 0 aliphatic heterocycles. The van der Waals surface area contributed by atoms with Gasteiger partial charge in [0.05, 0.1) is 0 Å². The predicted molar refractivity (Wildman–Crippen MR) is 42.5 cm³/mol. The number of H-pyrrole nitrogens is 2. The van der Waals surface area contributed by atoms with E-state index in [-0.39, 0.29) is 0 Å². The molecule has 0 bridgehead atoms. The van der Waals surface area contributed by atoms with Gasteiger partial charge in [-0.2, -0.15) is 0 Å². The van der Waals surface area contributed by atoms with Crippen molar-refractivity contribution >= 4 is 11.7 Å². The van der Waals surface area contributed by atoms with Gasteiger partial charge in [-0.25, -0.2) is 9.59 Å². The van der Waals surface area contributed by atoms with Crippen LogP contribution in [0.5, 0.6) is 0 Å². The van der Waals surface area contributed by atoms with Crippen LogP contribution in [-0.4, -0.2) is 21.0 Å². The number of hydrogen-bond acceptors (Lipinski definition) is 5. The van der Waals surface area contributed by atoms with E-state index in [1.54, 1.807) is 0 Å². The molecule has 0 saturated heterocycles. The number of aromatic amines is 2. The van der Waals surface area contributed by atoms with Crippen molar-refractivity contribution in [3.05, 3.63) is 26.5 Å². The van der Waals surface area contributed by atoms with Gasteiger partial charge in [0.1, 0.15) is 5.69 Å². The second kappa shape index (κ2) is 3.11. The van der Waals surface area contributed by atoms with Crippen LogP contribution >= 0.6 is 0 Å². The normalized spacial score (nSPS) is 9.62. The molecule has 8 heteroatoms. The average Bonchev–Trinajstić information content (AvgIpc) is 2.02. The van der Waals surface area contributed by atoms with Gasteiger partial charge in [0, 0.05) is 0 Å². The van der Waals surface area contributed by atoms with E-state index in [9.17, 15) is 14.4 Å². The molecule has 8 nitrogen and oxygen atoms in total. The lowest BCUT2D eigenvalue weighted by molar-refractivity contribution is 0.0691. The van der Waals surface area contributed by atoms with Gasteiger partial charge in [0.15, 0.2) is 5.69 Å². The largest absolute Gasteiger partial charge is 0.477 e. The summed E-state index contributed by atoms with van der Waals surface area (Å²) >= 11 is 0. The fourth-order valence-electron chi connectivity index (χ4n) is 0.785. The Morgan fingerprint density at radius 1 is 1.38 bits per heavy atom. The average molecular weight is 186 g/mol. The van der Waals surface area contributed by atoms with Gasteiger partial charge in [-0.1, -0.05) is 0 Å². The lowest BCUT2D eigenvalue weighted by Crippen LogP contribution is -2.31. The molecule has 6 N–H and O–H groups in total. The third kappa shape index (κ3) is 1.56. The maximum atomic E-state index is 10.9. The zero-order chi connectivity index (χ0) is 10.0. The number of carbonyl (C=O) groups is 1. The van der Waals surface area contributed by atoms with Gasteiger partial charge in [-0.3, -0.25) is 20.6 Å². The minimum absolute atomic E-state index is 0.396. The van der Waals surface area contributed by atoms with Crippen LogP contribution < -0.4 is 22.5 Å². The highest BCUT2D eigenvalue weighted by Gasteiger charge is 2.13. The zero-order valence-electron chi connectivity index (χ0n) is 6.25. The van der Waals surface area contributed by atoms with Crippen molar-refractivity contribution < 1.29 is 9.90 Å². The third-order valence-electron chi connectivity index (χ3n) is 1.30. The second-order valence-corrected chi connectivity index (χ2v) is 2.11. The molecule has 0 unspecified atom stereocenters. The Morgan fingerprint density at radius 2 is 2.00 bits per heavy atom. The quantitative estimate of drug-likeness (QED) is 0.268. The Morgan fingerprint density at radius 3 is 2.46 bits per heavy atom. The Balaban J connectivity index is 3.57. The number of nitrogen functional groups attached to an aromatic ring is 1. The highest BCUT2D eigenvalue weighted by atomic mass is 16.4. The summed E-state index contributed by atoms with van der Waals surface area (Å²) in [6, 6.07) is 0. The van der Waals surface area contributed by atoms with Gasteiger partial charge in [-0.05, 0) is 0 Å². The number of hydrazine groups is 1. The van der Waals surface area contributed by atoms with Crippen molar-refractivity contribution in [3.63, 3.8) is 0 Å². The first-order valence-electron chi connectivity index (χ1n) is 3.12. The van der Waals surface area contributed by atoms with Gasteiger partial charge in [0.25, 0.3) is 5.56 Å². The van der Waals surface area contributed by atoms with Crippen molar-refractivity contribution in [2.75, 3.05) is 5.43 Å². The van der Waals surface area contributed by atoms with E-state index in [1.165, 1.54) is 0 Å². The molecule has 13 heavy (non-hydrogen) atoms. The van der Waals surface area contributed by atoms with E-state index < -0.39 is 28.6 Å². The minimum atomic E-state index is -1.45. The van der Waals surface area contributed by atoms with E-state index in [0.29, 0.717) is 0 Å². The van der Waals surface area contributed by atoms with Crippen LogP contribution in [0.3, 0.4) is 0 Å². The number of carboxylic acid groups (broad SMARTS) is 1. The predicted octanol–water partition coefficient (Wildman–Crippen LogP) is -1.95. The van der Waals surface area contributed by atoms with Crippen molar-refractivity contribution in [1.82, 2.24) is 9.97 Å². The van der Waals surface area contributed by atoms with E-state index in [2.05, 4.69) is 0 Å².